The SMILES string of the molecule is CC(=O)Nc1ccc(F)c(NC(=O)N2CC[C@@H](O)C2)c1. The van der Waals surface area contributed by atoms with Crippen LogP contribution in [0.15, 0.2) is 18.2 Å². The predicted octanol–water partition coefficient (Wildman–Crippen LogP) is 1.38. The molecule has 20 heavy (non-hydrogen) atoms. The van der Waals surface area contributed by atoms with E-state index in [0.29, 0.717) is 18.7 Å². The minimum Gasteiger partial charge on any atom is -0.391 e. The van der Waals surface area contributed by atoms with Crippen LogP contribution in [0.2, 0.25) is 0 Å². The van der Waals surface area contributed by atoms with Crippen molar-refractivity contribution in [3.05, 3.63) is 24.0 Å². The summed E-state index contributed by atoms with van der Waals surface area (Å²) in [5, 5.41) is 14.3. The Morgan fingerprint density at radius 2 is 2.15 bits per heavy atom. The Labute approximate surface area is 115 Å². The minimum atomic E-state index is -0.591. The van der Waals surface area contributed by atoms with Crippen molar-refractivity contribution in [2.75, 3.05) is 23.7 Å². The van der Waals surface area contributed by atoms with Gasteiger partial charge in [-0.3, -0.25) is 4.79 Å². The number of carbonyl (C=O) groups is 2. The van der Waals surface area contributed by atoms with Crippen LogP contribution in [-0.2, 0) is 4.79 Å². The molecule has 0 radical (unpaired) electrons. The van der Waals surface area contributed by atoms with E-state index in [0.717, 1.165) is 0 Å². The summed E-state index contributed by atoms with van der Waals surface area (Å²) in [6.45, 7) is 2.01. The molecule has 6 nitrogen and oxygen atoms in total. The number of nitrogens with zero attached hydrogens (tertiary/aromatic N) is 1. The van der Waals surface area contributed by atoms with Crippen molar-refractivity contribution in [2.24, 2.45) is 0 Å². The van der Waals surface area contributed by atoms with Gasteiger partial charge in [-0.25, -0.2) is 9.18 Å². The molecule has 0 spiro atoms. The highest BCUT2D eigenvalue weighted by Gasteiger charge is 2.25. The smallest absolute Gasteiger partial charge is 0.322 e. The molecule has 108 valence electrons. The van der Waals surface area contributed by atoms with Crippen LogP contribution in [-0.4, -0.2) is 41.1 Å². The fourth-order valence-corrected chi connectivity index (χ4v) is 2.02. The van der Waals surface area contributed by atoms with Crippen molar-refractivity contribution in [3.63, 3.8) is 0 Å². The zero-order valence-corrected chi connectivity index (χ0v) is 11.0. The van der Waals surface area contributed by atoms with Crippen molar-refractivity contribution in [2.45, 2.75) is 19.4 Å². The fraction of sp³-hybridized carbons (Fsp3) is 0.385. The zero-order valence-electron chi connectivity index (χ0n) is 11.0. The molecule has 1 aliphatic heterocycles. The van der Waals surface area contributed by atoms with Crippen LogP contribution >= 0.6 is 0 Å². The molecular formula is C13H16FN3O3. The average Bonchev–Trinajstić information content (AvgIpc) is 2.79. The summed E-state index contributed by atoms with van der Waals surface area (Å²) in [4.78, 5) is 24.3. The summed E-state index contributed by atoms with van der Waals surface area (Å²) >= 11 is 0. The van der Waals surface area contributed by atoms with Crippen molar-refractivity contribution in [1.82, 2.24) is 4.90 Å². The molecular weight excluding hydrogens is 265 g/mol. The van der Waals surface area contributed by atoms with Crippen molar-refractivity contribution < 1.29 is 19.1 Å². The summed E-state index contributed by atoms with van der Waals surface area (Å²) in [5.74, 6) is -0.872. The Morgan fingerprint density at radius 1 is 1.40 bits per heavy atom. The molecule has 0 saturated carbocycles. The number of β-amino-alcohol motifs (C(OH)–C–C–N with tert-alkyl or cyclic N) is 1. The van der Waals surface area contributed by atoms with E-state index in [4.69, 9.17) is 0 Å². The van der Waals surface area contributed by atoms with Gasteiger partial charge in [0, 0.05) is 25.7 Å². The lowest BCUT2D eigenvalue weighted by atomic mass is 10.2. The number of benzene rings is 1. The molecule has 1 heterocycles. The quantitative estimate of drug-likeness (QED) is 0.766. The summed E-state index contributed by atoms with van der Waals surface area (Å²) in [6, 6.07) is 3.45. The van der Waals surface area contributed by atoms with Crippen LogP contribution in [0.25, 0.3) is 0 Å². The largest absolute Gasteiger partial charge is 0.391 e. The van der Waals surface area contributed by atoms with Gasteiger partial charge in [-0.2, -0.15) is 0 Å². The van der Waals surface area contributed by atoms with E-state index in [-0.39, 0.29) is 18.1 Å². The van der Waals surface area contributed by atoms with Gasteiger partial charge in [0.25, 0.3) is 0 Å². The highest BCUT2D eigenvalue weighted by Crippen LogP contribution is 2.21. The Kier molecular flexibility index (Phi) is 4.19. The molecule has 1 aliphatic rings. The first-order valence-corrected chi connectivity index (χ1v) is 6.27. The fourth-order valence-electron chi connectivity index (χ4n) is 2.02. The standard InChI is InChI=1S/C13H16FN3O3/c1-8(18)15-9-2-3-11(14)12(6-9)16-13(20)17-5-4-10(19)7-17/h2-3,6,10,19H,4-5,7H2,1H3,(H,15,18)(H,16,20)/t10-/m1/s1. The van der Waals surface area contributed by atoms with Crippen LogP contribution in [0.1, 0.15) is 13.3 Å². The normalized spacial score (nSPS) is 17.9. The third-order valence-corrected chi connectivity index (χ3v) is 2.98. The minimum absolute atomic E-state index is 0.0114. The van der Waals surface area contributed by atoms with Gasteiger partial charge in [0.05, 0.1) is 11.8 Å². The predicted molar refractivity (Wildman–Crippen MR) is 71.9 cm³/mol. The van der Waals surface area contributed by atoms with Gasteiger partial charge in [-0.1, -0.05) is 0 Å². The molecule has 3 amide bonds. The van der Waals surface area contributed by atoms with Crippen molar-refractivity contribution in [1.29, 1.82) is 0 Å². The summed E-state index contributed by atoms with van der Waals surface area (Å²) < 4.78 is 13.6. The van der Waals surface area contributed by atoms with Gasteiger partial charge in [0.15, 0.2) is 0 Å². The van der Waals surface area contributed by atoms with Gasteiger partial charge >= 0.3 is 6.03 Å². The molecule has 0 unspecified atom stereocenters. The second kappa shape index (κ2) is 5.87. The lowest BCUT2D eigenvalue weighted by Gasteiger charge is -2.17. The maximum Gasteiger partial charge on any atom is 0.322 e. The van der Waals surface area contributed by atoms with Crippen LogP contribution in [0.5, 0.6) is 0 Å². The van der Waals surface area contributed by atoms with E-state index in [1.54, 1.807) is 0 Å². The molecule has 1 atom stereocenters. The topological polar surface area (TPSA) is 81.7 Å². The second-order valence-electron chi connectivity index (χ2n) is 4.69. The molecule has 1 fully saturated rings. The Bertz CT molecular complexity index is 536. The van der Waals surface area contributed by atoms with Crippen LogP contribution in [0.3, 0.4) is 0 Å². The highest BCUT2D eigenvalue weighted by atomic mass is 19.1. The number of anilines is 2. The Morgan fingerprint density at radius 3 is 2.75 bits per heavy atom. The van der Waals surface area contributed by atoms with Crippen molar-refractivity contribution in [3.8, 4) is 0 Å². The third-order valence-electron chi connectivity index (χ3n) is 2.98. The van der Waals surface area contributed by atoms with Gasteiger partial charge in [-0.05, 0) is 24.6 Å². The van der Waals surface area contributed by atoms with Crippen molar-refractivity contribution >= 4 is 23.3 Å². The molecule has 1 saturated heterocycles. The van der Waals surface area contributed by atoms with E-state index < -0.39 is 18.0 Å². The molecule has 7 heteroatoms. The first kappa shape index (κ1) is 14.3. The molecule has 0 aliphatic carbocycles. The maximum atomic E-state index is 13.6. The highest BCUT2D eigenvalue weighted by molar-refractivity contribution is 5.92. The van der Waals surface area contributed by atoms with Gasteiger partial charge in [0.1, 0.15) is 5.82 Å². The van der Waals surface area contributed by atoms with E-state index in [9.17, 15) is 19.1 Å². The van der Waals surface area contributed by atoms with Gasteiger partial charge < -0.3 is 20.6 Å². The number of urea groups is 1. The van der Waals surface area contributed by atoms with Crippen LogP contribution < -0.4 is 10.6 Å². The number of carbonyl (C=O) groups excluding carboxylic acids is 2. The number of aliphatic hydroxyl groups excluding tert-OH is 1. The third kappa shape index (κ3) is 3.45. The van der Waals surface area contributed by atoms with E-state index in [1.165, 1.54) is 30.0 Å². The second-order valence-corrected chi connectivity index (χ2v) is 4.69. The molecule has 1 aromatic carbocycles. The summed E-state index contributed by atoms with van der Waals surface area (Å²) in [7, 11) is 0. The number of hydrogen-bond acceptors (Lipinski definition) is 3. The number of hydrogen-bond donors (Lipinski definition) is 3. The zero-order chi connectivity index (χ0) is 14.7. The average molecular weight is 281 g/mol. The van der Waals surface area contributed by atoms with E-state index in [2.05, 4.69) is 10.6 Å². The molecule has 0 aromatic heterocycles. The Hall–Kier alpha value is -2.15. The molecule has 3 N–H and O–H groups in total. The molecule has 2 rings (SSSR count). The summed E-state index contributed by atoms with van der Waals surface area (Å²) in [6.07, 6.45) is -0.0155. The number of aliphatic hydroxyl groups is 1. The molecule has 1 aromatic rings. The number of likely N-dealkylation sites (tertiary alicyclic amines) is 1. The lowest BCUT2D eigenvalue weighted by molar-refractivity contribution is -0.114. The van der Waals surface area contributed by atoms with E-state index >= 15 is 0 Å². The monoisotopic (exact) mass is 281 g/mol. The summed E-state index contributed by atoms with van der Waals surface area (Å²) in [5.41, 5.74) is 0.387. The van der Waals surface area contributed by atoms with Crippen LogP contribution in [0.4, 0.5) is 20.6 Å². The van der Waals surface area contributed by atoms with Gasteiger partial charge in [0.2, 0.25) is 5.91 Å². The van der Waals surface area contributed by atoms with E-state index in [1.807, 2.05) is 0 Å². The number of nitrogens with one attached hydrogen (secondary N) is 2. The first-order chi connectivity index (χ1) is 9.45. The van der Waals surface area contributed by atoms with Gasteiger partial charge in [-0.15, -0.1) is 0 Å². The first-order valence-electron chi connectivity index (χ1n) is 6.27. The maximum absolute atomic E-state index is 13.6. The number of rotatable bonds is 2. The molecule has 0 bridgehead atoms. The number of halogens is 1. The lowest BCUT2D eigenvalue weighted by Crippen LogP contribution is -2.33. The number of amides is 3. The Balaban J connectivity index is 2.08. The van der Waals surface area contributed by atoms with Crippen LogP contribution in [0, 0.1) is 5.82 Å².